The minimum atomic E-state index is -4.79. The number of likely N-dealkylation sites (tertiary alicyclic amines) is 1. The zero-order valence-corrected chi connectivity index (χ0v) is 21.5. The van der Waals surface area contributed by atoms with Crippen LogP contribution in [0.5, 0.6) is 0 Å². The maximum absolute atomic E-state index is 14.2. The van der Waals surface area contributed by atoms with E-state index in [1.165, 1.54) is 12.3 Å². The first-order chi connectivity index (χ1) is 17.3. The number of hydrogen-bond donors (Lipinski definition) is 1. The quantitative estimate of drug-likeness (QED) is 0.382. The van der Waals surface area contributed by atoms with Crippen LogP contribution in [0.1, 0.15) is 33.1 Å². The van der Waals surface area contributed by atoms with Gasteiger partial charge in [0.15, 0.2) is 5.69 Å². The SMILES string of the molecule is CN(Cc1ccc(C(F)(F)F)c(F)c1)C1CN(C(=O)c2nc(N)ncc2Cl)CC1c1ccc(Cl)c(Cl)c1. The lowest BCUT2D eigenvalue weighted by atomic mass is 9.93. The lowest BCUT2D eigenvalue weighted by Crippen LogP contribution is -2.38. The van der Waals surface area contributed by atoms with E-state index in [0.717, 1.165) is 17.7 Å². The van der Waals surface area contributed by atoms with Gasteiger partial charge in [0.05, 0.1) is 26.8 Å². The van der Waals surface area contributed by atoms with Gasteiger partial charge in [-0.25, -0.2) is 14.4 Å². The number of likely N-dealkylation sites (N-methyl/N-ethyl adjacent to an activating group) is 1. The largest absolute Gasteiger partial charge is 0.419 e. The number of halogens is 7. The molecule has 4 rings (SSSR count). The van der Waals surface area contributed by atoms with Crippen LogP contribution in [-0.4, -0.2) is 51.9 Å². The molecule has 2 aromatic carbocycles. The number of nitrogen functional groups attached to an aromatic ring is 1. The highest BCUT2D eigenvalue weighted by molar-refractivity contribution is 6.42. The second-order valence-electron chi connectivity index (χ2n) is 8.71. The zero-order valence-electron chi connectivity index (χ0n) is 19.2. The summed E-state index contributed by atoms with van der Waals surface area (Å²) in [5.74, 6) is -2.17. The molecule has 0 bridgehead atoms. The maximum atomic E-state index is 14.2. The number of hydrogen-bond acceptors (Lipinski definition) is 5. The van der Waals surface area contributed by atoms with Gasteiger partial charge in [-0.3, -0.25) is 9.69 Å². The van der Waals surface area contributed by atoms with Gasteiger partial charge in [-0.2, -0.15) is 13.2 Å². The molecule has 196 valence electrons. The average molecular weight is 577 g/mol. The van der Waals surface area contributed by atoms with Gasteiger partial charge >= 0.3 is 6.18 Å². The Hall–Kier alpha value is -2.66. The molecule has 2 N–H and O–H groups in total. The molecule has 3 aromatic rings. The molecule has 1 aromatic heterocycles. The van der Waals surface area contributed by atoms with Gasteiger partial charge in [0.1, 0.15) is 5.82 Å². The molecule has 0 spiro atoms. The Bertz CT molecular complexity index is 1340. The van der Waals surface area contributed by atoms with Crippen molar-refractivity contribution in [3.8, 4) is 0 Å². The van der Waals surface area contributed by atoms with E-state index in [0.29, 0.717) is 15.6 Å². The van der Waals surface area contributed by atoms with E-state index in [1.54, 1.807) is 30.1 Å². The van der Waals surface area contributed by atoms with Gasteiger partial charge in [-0.1, -0.05) is 46.9 Å². The lowest BCUT2D eigenvalue weighted by molar-refractivity contribution is -0.140. The summed E-state index contributed by atoms with van der Waals surface area (Å²) < 4.78 is 53.1. The molecule has 0 aliphatic carbocycles. The number of amides is 1. The second-order valence-corrected chi connectivity index (χ2v) is 9.93. The first-order valence-electron chi connectivity index (χ1n) is 10.9. The minimum Gasteiger partial charge on any atom is -0.368 e. The molecule has 1 fully saturated rings. The van der Waals surface area contributed by atoms with Crippen LogP contribution in [0.4, 0.5) is 23.5 Å². The van der Waals surface area contributed by atoms with E-state index >= 15 is 0 Å². The van der Waals surface area contributed by atoms with Crippen LogP contribution >= 0.6 is 34.8 Å². The molecule has 0 radical (unpaired) electrons. The Labute approximate surface area is 224 Å². The molecule has 1 saturated heterocycles. The van der Waals surface area contributed by atoms with Crippen LogP contribution in [0.3, 0.4) is 0 Å². The molecule has 6 nitrogen and oxygen atoms in total. The van der Waals surface area contributed by atoms with E-state index in [4.69, 9.17) is 40.5 Å². The van der Waals surface area contributed by atoms with Gasteiger partial charge in [-0.05, 0) is 42.4 Å². The van der Waals surface area contributed by atoms with Gasteiger partial charge in [0.2, 0.25) is 5.95 Å². The standard InChI is InChI=1S/C24H20Cl3F4N5O/c1-35(9-12-2-4-15(19(28)6-12)24(29,30)31)20-11-36(22(37)21-18(27)8-33-23(32)34-21)10-14(20)13-3-5-16(25)17(26)7-13/h2-8,14,20H,9-11H2,1H3,(H2,32,33,34). The zero-order chi connectivity index (χ0) is 27.1. The molecule has 1 aliphatic heterocycles. The number of alkyl halides is 3. The molecule has 37 heavy (non-hydrogen) atoms. The predicted molar refractivity (Wildman–Crippen MR) is 133 cm³/mol. The summed E-state index contributed by atoms with van der Waals surface area (Å²) in [5.41, 5.74) is 5.41. The van der Waals surface area contributed by atoms with Gasteiger partial charge in [-0.15, -0.1) is 0 Å². The average Bonchev–Trinajstić information content (AvgIpc) is 3.27. The van der Waals surface area contributed by atoms with Crippen molar-refractivity contribution in [3.63, 3.8) is 0 Å². The third kappa shape index (κ3) is 5.93. The van der Waals surface area contributed by atoms with Crippen molar-refractivity contribution in [1.29, 1.82) is 0 Å². The highest BCUT2D eigenvalue weighted by Crippen LogP contribution is 2.36. The Kier molecular flexibility index (Phi) is 7.85. The summed E-state index contributed by atoms with van der Waals surface area (Å²) in [4.78, 5) is 24.4. The van der Waals surface area contributed by atoms with Crippen molar-refractivity contribution in [2.24, 2.45) is 0 Å². The number of carbonyl (C=O) groups is 1. The number of nitrogens with two attached hydrogens (primary N) is 1. The third-order valence-electron chi connectivity index (χ3n) is 6.25. The number of nitrogens with zero attached hydrogens (tertiary/aromatic N) is 4. The molecule has 0 saturated carbocycles. The molecular weight excluding hydrogens is 557 g/mol. The molecule has 1 aliphatic rings. The predicted octanol–water partition coefficient (Wildman–Crippen LogP) is 5.92. The fourth-order valence-electron chi connectivity index (χ4n) is 4.44. The molecule has 1 amide bonds. The summed E-state index contributed by atoms with van der Waals surface area (Å²) in [6, 6.07) is 7.66. The van der Waals surface area contributed by atoms with Crippen LogP contribution in [0.25, 0.3) is 0 Å². The first kappa shape index (κ1) is 27.4. The monoisotopic (exact) mass is 575 g/mol. The van der Waals surface area contributed by atoms with Crippen LogP contribution < -0.4 is 5.73 Å². The number of anilines is 1. The molecule has 2 heterocycles. The Morgan fingerprint density at radius 1 is 1.11 bits per heavy atom. The Morgan fingerprint density at radius 2 is 1.84 bits per heavy atom. The summed E-state index contributed by atoms with van der Waals surface area (Å²) in [7, 11) is 1.74. The van der Waals surface area contributed by atoms with Crippen LogP contribution in [0.2, 0.25) is 15.1 Å². The van der Waals surface area contributed by atoms with E-state index in [2.05, 4.69) is 9.97 Å². The Balaban J connectivity index is 1.63. The summed E-state index contributed by atoms with van der Waals surface area (Å²) in [6.07, 6.45) is -3.54. The first-order valence-corrected chi connectivity index (χ1v) is 12.1. The number of rotatable bonds is 5. The van der Waals surface area contributed by atoms with Crippen molar-refractivity contribution >= 4 is 46.7 Å². The molecule has 2 unspecified atom stereocenters. The fraction of sp³-hybridized carbons (Fsp3) is 0.292. The summed E-state index contributed by atoms with van der Waals surface area (Å²) >= 11 is 18.5. The van der Waals surface area contributed by atoms with E-state index in [-0.39, 0.29) is 48.3 Å². The second kappa shape index (κ2) is 10.6. The summed E-state index contributed by atoms with van der Waals surface area (Å²) in [6.45, 7) is 0.609. The van der Waals surface area contributed by atoms with Crippen molar-refractivity contribution in [1.82, 2.24) is 19.8 Å². The van der Waals surface area contributed by atoms with E-state index < -0.39 is 23.5 Å². The lowest BCUT2D eigenvalue weighted by Gasteiger charge is -2.29. The van der Waals surface area contributed by atoms with Crippen molar-refractivity contribution in [2.75, 3.05) is 25.9 Å². The normalized spacial score (nSPS) is 18.0. The van der Waals surface area contributed by atoms with Gasteiger partial charge in [0.25, 0.3) is 5.91 Å². The van der Waals surface area contributed by atoms with E-state index in [9.17, 15) is 22.4 Å². The van der Waals surface area contributed by atoms with E-state index in [1.807, 2.05) is 4.90 Å². The Morgan fingerprint density at radius 3 is 2.49 bits per heavy atom. The minimum absolute atomic E-state index is 0.0438. The number of aromatic nitrogens is 2. The van der Waals surface area contributed by atoms with Crippen LogP contribution in [-0.2, 0) is 12.7 Å². The van der Waals surface area contributed by atoms with Crippen molar-refractivity contribution in [3.05, 3.63) is 85.9 Å². The number of carbonyl (C=O) groups excluding carboxylic acids is 1. The van der Waals surface area contributed by atoms with Crippen LogP contribution in [0, 0.1) is 5.82 Å². The number of benzene rings is 2. The maximum Gasteiger partial charge on any atom is 0.419 e. The van der Waals surface area contributed by atoms with Gasteiger partial charge in [0, 0.05) is 31.6 Å². The molecule has 2 atom stereocenters. The highest BCUT2D eigenvalue weighted by Gasteiger charge is 2.40. The van der Waals surface area contributed by atoms with Crippen molar-refractivity contribution in [2.45, 2.75) is 24.7 Å². The topological polar surface area (TPSA) is 75.3 Å². The molecular formula is C24H20Cl3F4N5O. The van der Waals surface area contributed by atoms with Gasteiger partial charge < -0.3 is 10.6 Å². The smallest absolute Gasteiger partial charge is 0.368 e. The van der Waals surface area contributed by atoms with Crippen molar-refractivity contribution < 1.29 is 22.4 Å². The third-order valence-corrected chi connectivity index (χ3v) is 7.27. The summed E-state index contributed by atoms with van der Waals surface area (Å²) in [5, 5.41) is 0.744. The molecule has 13 heteroatoms. The van der Waals surface area contributed by atoms with Crippen LogP contribution in [0.15, 0.2) is 42.6 Å². The fourth-order valence-corrected chi connectivity index (χ4v) is 4.92. The highest BCUT2D eigenvalue weighted by atomic mass is 35.5.